The molecule has 0 saturated heterocycles. The fraction of sp³-hybridized carbons (Fsp3) is 0.520. The van der Waals surface area contributed by atoms with Crippen molar-refractivity contribution in [3.63, 3.8) is 0 Å². The van der Waals surface area contributed by atoms with Crippen molar-refractivity contribution < 1.29 is 23.1 Å². The number of aromatic nitrogens is 4. The van der Waals surface area contributed by atoms with Gasteiger partial charge in [-0.3, -0.25) is 9.36 Å². The van der Waals surface area contributed by atoms with Gasteiger partial charge in [-0.2, -0.15) is 4.98 Å². The predicted octanol–water partition coefficient (Wildman–Crippen LogP) is 4.17. The monoisotopic (exact) mass is 517 g/mol. The molecule has 2 saturated carbocycles. The lowest BCUT2D eigenvalue weighted by molar-refractivity contribution is -0.122. The Morgan fingerprint density at radius 2 is 1.81 bits per heavy atom. The summed E-state index contributed by atoms with van der Waals surface area (Å²) >= 11 is 0. The van der Waals surface area contributed by atoms with Crippen molar-refractivity contribution in [2.75, 3.05) is 10.6 Å². The molecule has 2 aliphatic rings. The van der Waals surface area contributed by atoms with Gasteiger partial charge in [-0.1, -0.05) is 6.92 Å². The number of nitrogens with two attached hydrogens (primary N) is 1. The van der Waals surface area contributed by atoms with E-state index in [9.17, 15) is 23.1 Å². The average Bonchev–Trinajstić information content (AvgIpc) is 3.23. The zero-order chi connectivity index (χ0) is 26.3. The highest BCUT2D eigenvalue weighted by Crippen LogP contribution is 2.38. The van der Waals surface area contributed by atoms with E-state index in [1.54, 1.807) is 4.57 Å². The zero-order valence-corrected chi connectivity index (χ0v) is 20.4. The first-order valence-electron chi connectivity index (χ1n) is 12.6. The van der Waals surface area contributed by atoms with Crippen molar-refractivity contribution in [1.29, 1.82) is 0 Å². The summed E-state index contributed by atoms with van der Waals surface area (Å²) in [6.07, 6.45) is 5.66. The molecule has 0 aliphatic heterocycles. The summed E-state index contributed by atoms with van der Waals surface area (Å²) in [5, 5.41) is 16.2. The van der Waals surface area contributed by atoms with Gasteiger partial charge >= 0.3 is 0 Å². The summed E-state index contributed by atoms with van der Waals surface area (Å²) in [4.78, 5) is 25.2. The van der Waals surface area contributed by atoms with Crippen molar-refractivity contribution in [1.82, 2.24) is 19.5 Å². The Kier molecular flexibility index (Phi) is 6.93. The first kappa shape index (κ1) is 25.2. The molecular formula is C25H30F3N7O2. The van der Waals surface area contributed by atoms with Crippen molar-refractivity contribution in [3.05, 3.63) is 35.8 Å². The van der Waals surface area contributed by atoms with Gasteiger partial charge in [-0.05, 0) is 63.0 Å². The smallest absolute Gasteiger partial charge is 0.224 e. The Balaban J connectivity index is 1.51. The fourth-order valence-corrected chi connectivity index (χ4v) is 5.38. The van der Waals surface area contributed by atoms with Gasteiger partial charge in [0.2, 0.25) is 17.8 Å². The van der Waals surface area contributed by atoms with E-state index in [0.717, 1.165) is 25.0 Å². The molecule has 3 aromatic rings. The van der Waals surface area contributed by atoms with Crippen LogP contribution in [0.4, 0.5) is 30.8 Å². The molecule has 9 nitrogen and oxygen atoms in total. The third kappa shape index (κ3) is 5.07. The van der Waals surface area contributed by atoms with Crippen LogP contribution in [0.3, 0.4) is 0 Å². The van der Waals surface area contributed by atoms with Crippen LogP contribution in [-0.2, 0) is 4.79 Å². The van der Waals surface area contributed by atoms with E-state index in [2.05, 4.69) is 25.6 Å². The van der Waals surface area contributed by atoms with Crippen LogP contribution in [0.1, 0.15) is 57.9 Å². The van der Waals surface area contributed by atoms with E-state index < -0.39 is 29.2 Å². The number of aliphatic hydroxyl groups excluding tert-OH is 1. The van der Waals surface area contributed by atoms with E-state index in [1.807, 2.05) is 6.92 Å². The molecule has 198 valence electrons. The van der Waals surface area contributed by atoms with Crippen LogP contribution in [0, 0.1) is 29.3 Å². The van der Waals surface area contributed by atoms with Crippen LogP contribution < -0.4 is 16.4 Å². The molecule has 1 amide bonds. The number of carbonyl (C=O) groups is 1. The number of benzene rings is 1. The van der Waals surface area contributed by atoms with Crippen LogP contribution in [0.25, 0.3) is 11.2 Å². The Bertz CT molecular complexity index is 1310. The highest BCUT2D eigenvalue weighted by molar-refractivity contribution is 5.78. The van der Waals surface area contributed by atoms with E-state index in [1.165, 1.54) is 6.20 Å². The quantitative estimate of drug-likeness (QED) is 0.361. The first-order valence-corrected chi connectivity index (χ1v) is 12.6. The lowest BCUT2D eigenvalue weighted by Gasteiger charge is -2.31. The maximum atomic E-state index is 14.5. The number of halogens is 3. The molecule has 2 heterocycles. The summed E-state index contributed by atoms with van der Waals surface area (Å²) in [5.41, 5.74) is 5.66. The third-order valence-corrected chi connectivity index (χ3v) is 7.66. The molecule has 12 heteroatoms. The number of nitrogens with zero attached hydrogens (tertiary/aromatic N) is 4. The molecule has 2 aromatic heterocycles. The maximum absolute atomic E-state index is 14.5. The van der Waals surface area contributed by atoms with Crippen molar-refractivity contribution >= 4 is 34.7 Å². The number of fused-ring (bicyclic) bond motifs is 1. The minimum Gasteiger partial charge on any atom is -0.393 e. The molecule has 5 rings (SSSR count). The molecule has 5 N–H and O–H groups in total. The molecule has 3 atom stereocenters. The van der Waals surface area contributed by atoms with Crippen molar-refractivity contribution in [2.45, 2.75) is 70.1 Å². The maximum Gasteiger partial charge on any atom is 0.224 e. The largest absolute Gasteiger partial charge is 0.393 e. The summed E-state index contributed by atoms with van der Waals surface area (Å²) in [6.45, 7) is 2.02. The second-order valence-corrected chi connectivity index (χ2v) is 10.2. The minimum absolute atomic E-state index is 0.000826. The van der Waals surface area contributed by atoms with Gasteiger partial charge < -0.3 is 21.5 Å². The van der Waals surface area contributed by atoms with Gasteiger partial charge in [0.1, 0.15) is 17.0 Å². The highest BCUT2D eigenvalue weighted by atomic mass is 19.2. The number of rotatable bonds is 6. The molecule has 2 aliphatic carbocycles. The van der Waals surface area contributed by atoms with E-state index >= 15 is 0 Å². The van der Waals surface area contributed by atoms with Crippen molar-refractivity contribution in [3.8, 4) is 0 Å². The average molecular weight is 518 g/mol. The fourth-order valence-electron chi connectivity index (χ4n) is 5.38. The van der Waals surface area contributed by atoms with Gasteiger partial charge in [-0.15, -0.1) is 0 Å². The molecule has 1 aromatic carbocycles. The number of imidazole rings is 1. The lowest BCUT2D eigenvalue weighted by Crippen LogP contribution is -2.35. The Morgan fingerprint density at radius 3 is 2.51 bits per heavy atom. The minimum atomic E-state index is -1.35. The predicted molar refractivity (Wildman–Crippen MR) is 132 cm³/mol. The van der Waals surface area contributed by atoms with Gasteiger partial charge in [-0.25, -0.2) is 23.1 Å². The van der Waals surface area contributed by atoms with E-state index in [4.69, 9.17) is 5.73 Å². The summed E-state index contributed by atoms with van der Waals surface area (Å²) < 4.78 is 44.5. The Hall–Kier alpha value is -3.41. The number of amides is 1. The number of hydrogen-bond acceptors (Lipinski definition) is 7. The molecular weight excluding hydrogens is 487 g/mol. The second kappa shape index (κ2) is 10.2. The lowest BCUT2D eigenvalue weighted by atomic mass is 9.85. The van der Waals surface area contributed by atoms with E-state index in [-0.39, 0.29) is 35.8 Å². The van der Waals surface area contributed by atoms with Crippen LogP contribution >= 0.6 is 0 Å². The number of nitrogens with one attached hydrogen (secondary N) is 2. The summed E-state index contributed by atoms with van der Waals surface area (Å²) in [7, 11) is 0. The molecule has 37 heavy (non-hydrogen) atoms. The van der Waals surface area contributed by atoms with Crippen molar-refractivity contribution in [2.24, 2.45) is 17.6 Å². The topological polar surface area (TPSA) is 131 Å². The van der Waals surface area contributed by atoms with Gasteiger partial charge in [0, 0.05) is 18.0 Å². The highest BCUT2D eigenvalue weighted by Gasteiger charge is 2.31. The summed E-state index contributed by atoms with van der Waals surface area (Å²) in [5.74, 6) is -3.43. The third-order valence-electron chi connectivity index (χ3n) is 7.66. The molecule has 1 unspecified atom stereocenters. The van der Waals surface area contributed by atoms with Crippen LogP contribution in [0.5, 0.6) is 0 Å². The zero-order valence-electron chi connectivity index (χ0n) is 20.4. The number of primary amides is 1. The molecule has 2 fully saturated rings. The SMILES string of the molecule is C[C@@H]1CCC(Nc2ncc3nc(Nc4c(F)ccc(F)c4F)n(C4CCC(C(N)=O)CC4)c3n2)C[C@H]1O. The molecule has 0 bridgehead atoms. The normalized spacial score (nSPS) is 26.2. The van der Waals surface area contributed by atoms with E-state index in [0.29, 0.717) is 49.2 Å². The van der Waals surface area contributed by atoms with Crippen LogP contribution in [0.15, 0.2) is 18.3 Å². The van der Waals surface area contributed by atoms with Gasteiger partial charge in [0.05, 0.1) is 12.3 Å². The Morgan fingerprint density at radius 1 is 1.08 bits per heavy atom. The second-order valence-electron chi connectivity index (χ2n) is 10.2. The number of carbonyl (C=O) groups excluding carboxylic acids is 1. The number of aliphatic hydroxyl groups is 1. The van der Waals surface area contributed by atoms with Gasteiger partial charge in [0.25, 0.3) is 0 Å². The van der Waals surface area contributed by atoms with Crippen LogP contribution in [0.2, 0.25) is 0 Å². The van der Waals surface area contributed by atoms with Gasteiger partial charge in [0.15, 0.2) is 17.3 Å². The summed E-state index contributed by atoms with van der Waals surface area (Å²) in [6, 6.07) is 1.37. The molecule has 0 radical (unpaired) electrons. The molecule has 0 spiro atoms. The number of hydrogen-bond donors (Lipinski definition) is 4. The van der Waals surface area contributed by atoms with Crippen LogP contribution in [-0.4, -0.2) is 42.7 Å². The standard InChI is InChI=1S/C25H30F3N7O2/c1-12-2-5-14(10-19(12)36)31-24-30-11-18-23(34-24)35(15-6-3-13(4-7-15)22(29)37)25(32-18)33-21-17(27)9-8-16(26)20(21)28/h8-9,11-15,19,36H,2-7,10H2,1H3,(H2,29,37)(H,32,33)(H,30,31,34)/t12-,13?,14?,15?,19-/m1/s1. The first-order chi connectivity index (χ1) is 17.7. The Labute approximate surface area is 211 Å². The number of anilines is 3.